The molecule has 172 valence electrons. The molecule has 7 nitrogen and oxygen atoms in total. The van der Waals surface area contributed by atoms with Gasteiger partial charge in [0, 0.05) is 34.5 Å². The standard InChI is InChI=1S/C23H22FN3O4S2/c1-4-31-17-10-18(33-22(17)23(28)29)16-9-19(27-11-26-16)25-6-5-13-8-15(24)14-7-12(2)32-21(14)20(13)30-3/h7-11H,4-6H2,1-3H3,(H,28,29)(H,25,26,27). The number of aromatic nitrogens is 2. The van der Waals surface area contributed by atoms with Gasteiger partial charge in [0.25, 0.3) is 0 Å². The number of aryl methyl sites for hydroxylation is 1. The van der Waals surface area contributed by atoms with E-state index >= 15 is 0 Å². The van der Waals surface area contributed by atoms with Gasteiger partial charge in [-0.05, 0) is 32.4 Å². The van der Waals surface area contributed by atoms with Gasteiger partial charge in [-0.3, -0.25) is 0 Å². The molecule has 0 atom stereocenters. The van der Waals surface area contributed by atoms with Crippen molar-refractivity contribution in [2.75, 3.05) is 25.6 Å². The van der Waals surface area contributed by atoms with Gasteiger partial charge in [0.1, 0.15) is 29.5 Å². The van der Waals surface area contributed by atoms with E-state index in [0.29, 0.717) is 52.8 Å². The van der Waals surface area contributed by atoms with E-state index in [4.69, 9.17) is 9.47 Å². The van der Waals surface area contributed by atoms with Gasteiger partial charge in [-0.15, -0.1) is 22.7 Å². The van der Waals surface area contributed by atoms with Gasteiger partial charge in [-0.1, -0.05) is 0 Å². The number of carboxylic acids is 1. The Bertz CT molecular complexity index is 1320. The number of halogens is 1. The molecule has 0 unspecified atom stereocenters. The van der Waals surface area contributed by atoms with Crippen LogP contribution in [0.2, 0.25) is 0 Å². The number of rotatable bonds is 9. The molecule has 4 aromatic rings. The van der Waals surface area contributed by atoms with Crippen molar-refractivity contribution in [2.45, 2.75) is 20.3 Å². The molecule has 0 aliphatic carbocycles. The van der Waals surface area contributed by atoms with E-state index in [1.54, 1.807) is 26.2 Å². The summed E-state index contributed by atoms with van der Waals surface area (Å²) in [6.07, 6.45) is 1.95. The van der Waals surface area contributed by atoms with Crippen molar-refractivity contribution >= 4 is 44.5 Å². The van der Waals surface area contributed by atoms with Gasteiger partial charge >= 0.3 is 5.97 Å². The quantitative estimate of drug-likeness (QED) is 0.316. The van der Waals surface area contributed by atoms with Crippen molar-refractivity contribution in [3.63, 3.8) is 0 Å². The molecule has 1 aromatic carbocycles. The molecule has 33 heavy (non-hydrogen) atoms. The first kappa shape index (κ1) is 22.9. The molecule has 10 heteroatoms. The molecule has 3 heterocycles. The highest BCUT2D eigenvalue weighted by Gasteiger charge is 2.19. The smallest absolute Gasteiger partial charge is 0.349 e. The van der Waals surface area contributed by atoms with E-state index < -0.39 is 5.97 Å². The number of nitrogens with one attached hydrogen (secondary N) is 1. The van der Waals surface area contributed by atoms with Crippen molar-refractivity contribution in [2.24, 2.45) is 0 Å². The highest BCUT2D eigenvalue weighted by atomic mass is 32.1. The van der Waals surface area contributed by atoms with E-state index in [-0.39, 0.29) is 10.7 Å². The summed E-state index contributed by atoms with van der Waals surface area (Å²) in [5.41, 5.74) is 1.36. The maximum atomic E-state index is 14.6. The Labute approximate surface area is 197 Å². The van der Waals surface area contributed by atoms with Gasteiger partial charge in [0.15, 0.2) is 4.88 Å². The molecule has 0 saturated heterocycles. The van der Waals surface area contributed by atoms with Crippen molar-refractivity contribution < 1.29 is 23.8 Å². The minimum Gasteiger partial charge on any atom is -0.495 e. The maximum absolute atomic E-state index is 14.6. The Morgan fingerprint density at radius 3 is 2.76 bits per heavy atom. The number of hydrogen-bond donors (Lipinski definition) is 2. The molecular formula is C23H22FN3O4S2. The molecule has 0 radical (unpaired) electrons. The Kier molecular flexibility index (Phi) is 6.75. The molecule has 2 N–H and O–H groups in total. The molecule has 3 aromatic heterocycles. The number of fused-ring (bicyclic) bond motifs is 1. The summed E-state index contributed by atoms with van der Waals surface area (Å²) in [5.74, 6) is 0.299. The fraction of sp³-hybridized carbons (Fsp3) is 0.261. The van der Waals surface area contributed by atoms with Crippen LogP contribution in [0.15, 0.2) is 30.6 Å². The van der Waals surface area contributed by atoms with Crippen LogP contribution in [0.1, 0.15) is 27.0 Å². The van der Waals surface area contributed by atoms with Crippen LogP contribution in [0.3, 0.4) is 0 Å². The molecule has 4 rings (SSSR count). The topological polar surface area (TPSA) is 93.6 Å². The molecule has 0 saturated carbocycles. The molecular weight excluding hydrogens is 465 g/mol. The van der Waals surface area contributed by atoms with Crippen LogP contribution in [0.25, 0.3) is 20.7 Å². The second-order valence-corrected chi connectivity index (χ2v) is 9.47. The van der Waals surface area contributed by atoms with Gasteiger partial charge in [0.05, 0.1) is 29.0 Å². The predicted molar refractivity (Wildman–Crippen MR) is 129 cm³/mol. The van der Waals surface area contributed by atoms with Gasteiger partial charge < -0.3 is 19.9 Å². The number of hydrogen-bond acceptors (Lipinski definition) is 8. The van der Waals surface area contributed by atoms with Crippen LogP contribution in [0.5, 0.6) is 11.5 Å². The van der Waals surface area contributed by atoms with Crippen LogP contribution >= 0.6 is 22.7 Å². The van der Waals surface area contributed by atoms with Gasteiger partial charge in [0.2, 0.25) is 0 Å². The highest BCUT2D eigenvalue weighted by Crippen LogP contribution is 2.38. The summed E-state index contributed by atoms with van der Waals surface area (Å²) < 4.78 is 26.4. The summed E-state index contributed by atoms with van der Waals surface area (Å²) in [6, 6.07) is 6.78. The lowest BCUT2D eigenvalue weighted by Gasteiger charge is -2.11. The first-order valence-electron chi connectivity index (χ1n) is 10.2. The zero-order valence-electron chi connectivity index (χ0n) is 18.3. The van der Waals surface area contributed by atoms with Crippen LogP contribution in [-0.2, 0) is 6.42 Å². The second-order valence-electron chi connectivity index (χ2n) is 7.16. The summed E-state index contributed by atoms with van der Waals surface area (Å²) in [4.78, 5) is 21.8. The number of methoxy groups -OCH3 is 1. The van der Waals surface area contributed by atoms with Crippen LogP contribution in [0, 0.1) is 12.7 Å². The summed E-state index contributed by atoms with van der Waals surface area (Å²) in [5, 5.41) is 13.2. The van der Waals surface area contributed by atoms with Gasteiger partial charge in [-0.25, -0.2) is 19.2 Å². The Hall–Kier alpha value is -3.24. The second kappa shape index (κ2) is 9.72. The molecule has 0 aliphatic heterocycles. The zero-order chi connectivity index (χ0) is 23.5. The van der Waals surface area contributed by atoms with Crippen molar-refractivity contribution in [3.05, 3.63) is 51.7 Å². The minimum absolute atomic E-state index is 0.133. The maximum Gasteiger partial charge on any atom is 0.349 e. The van der Waals surface area contributed by atoms with Crippen LogP contribution < -0.4 is 14.8 Å². The van der Waals surface area contributed by atoms with Crippen molar-refractivity contribution in [1.29, 1.82) is 0 Å². The van der Waals surface area contributed by atoms with E-state index in [1.165, 1.54) is 23.7 Å². The van der Waals surface area contributed by atoms with Gasteiger partial charge in [-0.2, -0.15) is 0 Å². The fourth-order valence-electron chi connectivity index (χ4n) is 3.54. The lowest BCUT2D eigenvalue weighted by Crippen LogP contribution is -2.08. The third kappa shape index (κ3) is 4.76. The first-order valence-corrected chi connectivity index (χ1v) is 11.9. The number of thiophene rings is 2. The third-order valence-electron chi connectivity index (χ3n) is 4.93. The average Bonchev–Trinajstić information content (AvgIpc) is 3.39. The minimum atomic E-state index is -1.04. The summed E-state index contributed by atoms with van der Waals surface area (Å²) in [6.45, 7) is 4.61. The Morgan fingerprint density at radius 2 is 2.03 bits per heavy atom. The number of carboxylic acid groups (broad SMARTS) is 1. The zero-order valence-corrected chi connectivity index (χ0v) is 19.9. The molecule has 0 amide bonds. The number of anilines is 1. The normalized spacial score (nSPS) is 11.0. The number of ether oxygens (including phenoxy) is 2. The number of carbonyl (C=O) groups is 1. The highest BCUT2D eigenvalue weighted by molar-refractivity contribution is 7.19. The summed E-state index contributed by atoms with van der Waals surface area (Å²) in [7, 11) is 1.60. The monoisotopic (exact) mass is 487 g/mol. The number of benzene rings is 1. The molecule has 0 aliphatic rings. The van der Waals surface area contributed by atoms with E-state index in [1.807, 2.05) is 13.0 Å². The van der Waals surface area contributed by atoms with Crippen molar-refractivity contribution in [3.8, 4) is 22.1 Å². The number of aromatic carboxylic acids is 1. The lowest BCUT2D eigenvalue weighted by atomic mass is 10.1. The Balaban J connectivity index is 1.51. The molecule has 0 fully saturated rings. The average molecular weight is 488 g/mol. The van der Waals surface area contributed by atoms with Crippen LogP contribution in [-0.4, -0.2) is 41.3 Å². The predicted octanol–water partition coefficient (Wildman–Crippen LogP) is 5.63. The number of nitrogens with zero attached hydrogens (tertiary/aromatic N) is 2. The molecule has 0 spiro atoms. The third-order valence-corrected chi connectivity index (χ3v) is 7.10. The van der Waals surface area contributed by atoms with Crippen molar-refractivity contribution in [1.82, 2.24) is 9.97 Å². The van der Waals surface area contributed by atoms with Crippen LogP contribution in [0.4, 0.5) is 10.2 Å². The van der Waals surface area contributed by atoms with E-state index in [0.717, 1.165) is 26.5 Å². The largest absolute Gasteiger partial charge is 0.495 e. The summed E-state index contributed by atoms with van der Waals surface area (Å²) >= 11 is 2.61. The first-order chi connectivity index (χ1) is 15.9. The molecule has 0 bridgehead atoms. The lowest BCUT2D eigenvalue weighted by molar-refractivity contribution is 0.0698. The fourth-order valence-corrected chi connectivity index (χ4v) is 5.52. The SMILES string of the molecule is CCOc1cc(-c2cc(NCCc3cc(F)c4cc(C)sc4c3OC)ncn2)sc1C(=O)O. The Morgan fingerprint density at radius 1 is 1.21 bits per heavy atom. The van der Waals surface area contributed by atoms with E-state index in [2.05, 4.69) is 15.3 Å². The van der Waals surface area contributed by atoms with E-state index in [9.17, 15) is 14.3 Å².